The van der Waals surface area contributed by atoms with Crippen molar-refractivity contribution in [2.75, 3.05) is 33.2 Å². The van der Waals surface area contributed by atoms with E-state index < -0.39 is 11.9 Å². The fourth-order valence-corrected chi connectivity index (χ4v) is 4.38. The van der Waals surface area contributed by atoms with E-state index in [0.29, 0.717) is 35.9 Å². The Kier molecular flexibility index (Phi) is 6.60. The molecule has 4 rings (SSSR count). The third kappa shape index (κ3) is 4.41. The number of anilines is 1. The molecule has 0 fully saturated rings. The van der Waals surface area contributed by atoms with E-state index in [1.165, 1.54) is 13.2 Å². The number of carbonyl (C=O) groups excluding carboxylic acids is 1. The summed E-state index contributed by atoms with van der Waals surface area (Å²) in [5, 5.41) is 3.13. The van der Waals surface area contributed by atoms with Crippen LogP contribution in [0.1, 0.15) is 22.7 Å². The van der Waals surface area contributed by atoms with Crippen LogP contribution in [0, 0.1) is 5.82 Å². The van der Waals surface area contributed by atoms with E-state index in [9.17, 15) is 4.79 Å². The van der Waals surface area contributed by atoms with Gasteiger partial charge in [0.1, 0.15) is 11.6 Å². The van der Waals surface area contributed by atoms with Crippen molar-refractivity contribution in [3.63, 3.8) is 0 Å². The Morgan fingerprint density at radius 3 is 2.36 bits per heavy atom. The molecule has 33 heavy (non-hydrogen) atoms. The fourth-order valence-electron chi connectivity index (χ4n) is 4.12. The first-order valence-corrected chi connectivity index (χ1v) is 10.7. The van der Waals surface area contributed by atoms with Crippen LogP contribution >= 0.6 is 11.6 Å². The first kappa shape index (κ1) is 22.7. The summed E-state index contributed by atoms with van der Waals surface area (Å²) in [6.07, 6.45) is 0.564. The van der Waals surface area contributed by atoms with Crippen molar-refractivity contribution in [2.24, 2.45) is 0 Å². The number of ether oxygens (including phenoxy) is 3. The molecule has 0 spiro atoms. The number of carbonyl (C=O) groups is 1. The molecule has 172 valence electrons. The van der Waals surface area contributed by atoms with E-state index in [-0.39, 0.29) is 16.6 Å². The van der Waals surface area contributed by atoms with Gasteiger partial charge in [-0.05, 0) is 66.1 Å². The molecular weight excluding hydrogens is 447 g/mol. The molecular formula is C25H24ClFN2O4. The summed E-state index contributed by atoms with van der Waals surface area (Å²) in [5.41, 5.74) is 2.50. The summed E-state index contributed by atoms with van der Waals surface area (Å²) >= 11 is 6.46. The number of nitrogens with zero attached hydrogens (tertiary/aromatic N) is 1. The number of urea groups is 1. The summed E-state index contributed by atoms with van der Waals surface area (Å²) in [6, 6.07) is 14.0. The molecule has 6 nitrogen and oxygen atoms in total. The summed E-state index contributed by atoms with van der Waals surface area (Å²) in [7, 11) is 4.67. The molecule has 1 N–H and O–H groups in total. The van der Waals surface area contributed by atoms with Gasteiger partial charge in [-0.25, -0.2) is 9.18 Å². The van der Waals surface area contributed by atoms with Crippen LogP contribution in [0.25, 0.3) is 0 Å². The summed E-state index contributed by atoms with van der Waals surface area (Å²) in [5.74, 6) is 1.26. The van der Waals surface area contributed by atoms with Gasteiger partial charge in [0.25, 0.3) is 0 Å². The molecule has 1 aliphatic rings. The van der Waals surface area contributed by atoms with E-state index in [1.54, 1.807) is 61.6 Å². The summed E-state index contributed by atoms with van der Waals surface area (Å²) in [4.78, 5) is 15.0. The lowest BCUT2D eigenvalue weighted by Crippen LogP contribution is -2.43. The van der Waals surface area contributed by atoms with Gasteiger partial charge in [0.15, 0.2) is 11.5 Å². The molecule has 2 amide bonds. The Bertz CT molecular complexity index is 1150. The lowest BCUT2D eigenvalue weighted by molar-refractivity contribution is 0.192. The van der Waals surface area contributed by atoms with Crippen LogP contribution in [0.4, 0.5) is 14.9 Å². The van der Waals surface area contributed by atoms with Crippen LogP contribution in [-0.4, -0.2) is 38.8 Å². The molecule has 0 unspecified atom stereocenters. The first-order chi connectivity index (χ1) is 16.0. The Hall–Kier alpha value is -3.45. The predicted octanol–water partition coefficient (Wildman–Crippen LogP) is 5.68. The Morgan fingerprint density at radius 1 is 1.03 bits per heavy atom. The average molecular weight is 471 g/mol. The van der Waals surface area contributed by atoms with Gasteiger partial charge in [-0.15, -0.1) is 0 Å². The lowest BCUT2D eigenvalue weighted by Gasteiger charge is -2.38. The minimum absolute atomic E-state index is 0.234. The van der Waals surface area contributed by atoms with Crippen LogP contribution < -0.4 is 19.5 Å². The standard InChI is InChI=1S/C25H24ClFN2O4/c1-31-17-9-7-16(8-10-17)28-25(30)29-12-11-15-13-21(32-2)22(33-3)14-18(15)24(29)23-19(26)5-4-6-20(23)27/h4-10,13-14,24H,11-12H2,1-3H3,(H,28,30)/t24-/m1/s1. The zero-order valence-corrected chi connectivity index (χ0v) is 19.3. The molecule has 0 saturated heterocycles. The van der Waals surface area contributed by atoms with E-state index in [4.69, 9.17) is 25.8 Å². The van der Waals surface area contributed by atoms with Gasteiger partial charge in [0.2, 0.25) is 0 Å². The van der Waals surface area contributed by atoms with Crippen LogP contribution in [0.3, 0.4) is 0 Å². The molecule has 1 atom stereocenters. The first-order valence-electron chi connectivity index (χ1n) is 10.4. The average Bonchev–Trinajstić information content (AvgIpc) is 2.83. The van der Waals surface area contributed by atoms with Crippen molar-refractivity contribution in [3.05, 3.63) is 82.1 Å². The van der Waals surface area contributed by atoms with Gasteiger partial charge >= 0.3 is 6.03 Å². The highest BCUT2D eigenvalue weighted by molar-refractivity contribution is 6.31. The molecule has 1 heterocycles. The highest BCUT2D eigenvalue weighted by Gasteiger charge is 2.36. The van der Waals surface area contributed by atoms with Crippen LogP contribution in [0.15, 0.2) is 54.6 Å². The highest BCUT2D eigenvalue weighted by atomic mass is 35.5. The van der Waals surface area contributed by atoms with Crippen molar-refractivity contribution in [1.82, 2.24) is 4.90 Å². The van der Waals surface area contributed by atoms with Gasteiger partial charge in [-0.2, -0.15) is 0 Å². The largest absolute Gasteiger partial charge is 0.497 e. The fraction of sp³-hybridized carbons (Fsp3) is 0.240. The number of amides is 2. The second kappa shape index (κ2) is 9.58. The van der Waals surface area contributed by atoms with E-state index in [2.05, 4.69) is 5.32 Å². The smallest absolute Gasteiger partial charge is 0.322 e. The quantitative estimate of drug-likeness (QED) is 0.521. The van der Waals surface area contributed by atoms with Gasteiger partial charge in [-0.3, -0.25) is 0 Å². The van der Waals surface area contributed by atoms with Gasteiger partial charge in [0.05, 0.1) is 27.4 Å². The zero-order chi connectivity index (χ0) is 23.5. The molecule has 0 saturated carbocycles. The van der Waals surface area contributed by atoms with Crippen molar-refractivity contribution >= 4 is 23.3 Å². The monoisotopic (exact) mass is 470 g/mol. The van der Waals surface area contributed by atoms with E-state index in [0.717, 1.165) is 11.1 Å². The lowest BCUT2D eigenvalue weighted by atomic mass is 9.87. The normalized spacial score (nSPS) is 14.9. The molecule has 8 heteroatoms. The molecule has 0 aliphatic carbocycles. The third-order valence-electron chi connectivity index (χ3n) is 5.75. The number of hydrogen-bond donors (Lipinski definition) is 1. The second-order valence-corrected chi connectivity index (χ2v) is 7.95. The number of rotatable bonds is 5. The van der Waals surface area contributed by atoms with Crippen molar-refractivity contribution in [1.29, 1.82) is 0 Å². The number of benzene rings is 3. The van der Waals surface area contributed by atoms with E-state index >= 15 is 4.39 Å². The van der Waals surface area contributed by atoms with Crippen molar-refractivity contribution in [2.45, 2.75) is 12.5 Å². The zero-order valence-electron chi connectivity index (χ0n) is 18.5. The number of methoxy groups -OCH3 is 3. The van der Waals surface area contributed by atoms with Crippen molar-refractivity contribution < 1.29 is 23.4 Å². The molecule has 3 aromatic rings. The molecule has 3 aromatic carbocycles. The minimum Gasteiger partial charge on any atom is -0.497 e. The van der Waals surface area contributed by atoms with Crippen LogP contribution in [0.2, 0.25) is 5.02 Å². The van der Waals surface area contributed by atoms with Gasteiger partial charge in [-0.1, -0.05) is 17.7 Å². The minimum atomic E-state index is -0.750. The molecule has 0 aromatic heterocycles. The van der Waals surface area contributed by atoms with Crippen molar-refractivity contribution in [3.8, 4) is 17.2 Å². The number of hydrogen-bond acceptors (Lipinski definition) is 4. The summed E-state index contributed by atoms with van der Waals surface area (Å²) < 4.78 is 31.2. The maximum atomic E-state index is 15.1. The topological polar surface area (TPSA) is 60.0 Å². The Labute approximate surface area is 196 Å². The summed E-state index contributed by atoms with van der Waals surface area (Å²) in [6.45, 7) is 0.361. The number of halogens is 2. The second-order valence-electron chi connectivity index (χ2n) is 7.55. The SMILES string of the molecule is COc1ccc(NC(=O)N2CCc3cc(OC)c(OC)cc3[C@@H]2c2c(F)cccc2Cl)cc1. The van der Waals surface area contributed by atoms with Crippen LogP contribution in [-0.2, 0) is 6.42 Å². The highest BCUT2D eigenvalue weighted by Crippen LogP contribution is 2.43. The van der Waals surface area contributed by atoms with E-state index in [1.807, 2.05) is 6.07 Å². The van der Waals surface area contributed by atoms with Gasteiger partial charge < -0.3 is 24.4 Å². The molecule has 0 radical (unpaired) electrons. The Balaban J connectivity index is 1.79. The predicted molar refractivity (Wildman–Crippen MR) is 125 cm³/mol. The molecule has 0 bridgehead atoms. The maximum absolute atomic E-state index is 15.1. The number of nitrogens with one attached hydrogen (secondary N) is 1. The Morgan fingerprint density at radius 2 is 1.73 bits per heavy atom. The van der Waals surface area contributed by atoms with Gasteiger partial charge in [0, 0.05) is 22.8 Å². The molecule has 1 aliphatic heterocycles. The van der Waals surface area contributed by atoms with Crippen LogP contribution in [0.5, 0.6) is 17.2 Å². The third-order valence-corrected chi connectivity index (χ3v) is 6.08. The maximum Gasteiger partial charge on any atom is 0.322 e. The number of fused-ring (bicyclic) bond motifs is 1.